The highest BCUT2D eigenvalue weighted by Crippen LogP contribution is 2.13. The lowest BCUT2D eigenvalue weighted by atomic mass is 10.5. The molecule has 2 aromatic heterocycles. The summed E-state index contributed by atoms with van der Waals surface area (Å²) in [5.74, 6) is 0. The molecule has 0 saturated carbocycles. The first-order valence-corrected chi connectivity index (χ1v) is 5.72. The first kappa shape index (κ1) is 10.8. The van der Waals surface area contributed by atoms with Crippen LogP contribution in [-0.2, 0) is 0 Å². The van der Waals surface area contributed by atoms with E-state index in [0.717, 1.165) is 10.8 Å². The fraction of sp³-hybridized carbons (Fsp3) is 0. The standard InChI is InChI=1S/C9H9N5S2/c10-8(15)13-12-6-7-2-1-4-14(7)9-11-3-5-16-9/h1-6H,(H3,10,13,15). The maximum absolute atomic E-state index is 5.25. The highest BCUT2D eigenvalue weighted by molar-refractivity contribution is 7.80. The Hall–Kier alpha value is -1.73. The third kappa shape index (κ3) is 2.44. The molecule has 0 bridgehead atoms. The van der Waals surface area contributed by atoms with Crippen molar-refractivity contribution in [3.05, 3.63) is 35.6 Å². The monoisotopic (exact) mass is 251 g/mol. The third-order valence-electron chi connectivity index (χ3n) is 1.78. The van der Waals surface area contributed by atoms with Gasteiger partial charge in [-0.2, -0.15) is 5.10 Å². The highest BCUT2D eigenvalue weighted by atomic mass is 32.1. The van der Waals surface area contributed by atoms with Gasteiger partial charge in [0, 0.05) is 17.8 Å². The van der Waals surface area contributed by atoms with Crippen molar-refractivity contribution >= 4 is 34.9 Å². The molecular formula is C9H9N5S2. The maximum Gasteiger partial charge on any atom is 0.193 e. The zero-order valence-corrected chi connectivity index (χ0v) is 9.83. The zero-order chi connectivity index (χ0) is 11.4. The Morgan fingerprint density at radius 1 is 1.69 bits per heavy atom. The predicted octanol–water partition coefficient (Wildman–Crippen LogP) is 1.10. The number of nitrogens with one attached hydrogen (secondary N) is 1. The van der Waals surface area contributed by atoms with Crippen molar-refractivity contribution in [2.45, 2.75) is 0 Å². The summed E-state index contributed by atoms with van der Waals surface area (Å²) >= 11 is 6.19. The summed E-state index contributed by atoms with van der Waals surface area (Å²) in [6.07, 6.45) is 5.32. The van der Waals surface area contributed by atoms with Crippen molar-refractivity contribution in [1.29, 1.82) is 0 Å². The summed E-state index contributed by atoms with van der Waals surface area (Å²) in [5.41, 5.74) is 8.66. The molecule has 0 radical (unpaired) electrons. The third-order valence-corrected chi connectivity index (χ3v) is 2.64. The van der Waals surface area contributed by atoms with Crippen LogP contribution in [0.25, 0.3) is 5.13 Å². The maximum atomic E-state index is 5.25. The Morgan fingerprint density at radius 2 is 2.56 bits per heavy atom. The van der Waals surface area contributed by atoms with E-state index in [1.165, 1.54) is 0 Å². The zero-order valence-electron chi connectivity index (χ0n) is 8.20. The SMILES string of the molecule is NC(=S)NN=Cc1cccn1-c1nccs1. The largest absolute Gasteiger partial charge is 0.375 e. The van der Waals surface area contributed by atoms with E-state index in [2.05, 4.69) is 27.7 Å². The molecule has 2 aromatic rings. The van der Waals surface area contributed by atoms with Gasteiger partial charge in [-0.3, -0.25) is 9.99 Å². The molecule has 82 valence electrons. The van der Waals surface area contributed by atoms with Gasteiger partial charge < -0.3 is 5.73 Å². The second-order valence-electron chi connectivity index (χ2n) is 2.85. The number of nitrogens with zero attached hydrogens (tertiary/aromatic N) is 3. The second kappa shape index (κ2) is 4.86. The molecule has 0 aliphatic carbocycles. The van der Waals surface area contributed by atoms with E-state index in [9.17, 15) is 0 Å². The van der Waals surface area contributed by atoms with E-state index in [1.807, 2.05) is 28.3 Å². The number of thiazole rings is 1. The van der Waals surface area contributed by atoms with Crippen LogP contribution in [0.15, 0.2) is 35.0 Å². The van der Waals surface area contributed by atoms with Crippen LogP contribution in [-0.4, -0.2) is 20.9 Å². The number of rotatable bonds is 3. The second-order valence-corrected chi connectivity index (χ2v) is 4.16. The van der Waals surface area contributed by atoms with Crippen molar-refractivity contribution in [3.63, 3.8) is 0 Å². The van der Waals surface area contributed by atoms with E-state index < -0.39 is 0 Å². The molecule has 0 aliphatic heterocycles. The van der Waals surface area contributed by atoms with E-state index in [1.54, 1.807) is 23.7 Å². The fourth-order valence-corrected chi connectivity index (χ4v) is 1.87. The normalized spacial score (nSPS) is 10.8. The minimum atomic E-state index is 0.142. The molecule has 16 heavy (non-hydrogen) atoms. The molecule has 5 nitrogen and oxygen atoms in total. The average molecular weight is 251 g/mol. The number of nitrogens with two attached hydrogens (primary N) is 1. The van der Waals surface area contributed by atoms with Crippen LogP contribution in [0.2, 0.25) is 0 Å². The van der Waals surface area contributed by atoms with E-state index in [0.29, 0.717) is 0 Å². The van der Waals surface area contributed by atoms with Gasteiger partial charge >= 0.3 is 0 Å². The van der Waals surface area contributed by atoms with Gasteiger partial charge in [-0.25, -0.2) is 4.98 Å². The van der Waals surface area contributed by atoms with Crippen molar-refractivity contribution in [2.75, 3.05) is 0 Å². The number of hydrazone groups is 1. The van der Waals surface area contributed by atoms with Gasteiger partial charge in [0.1, 0.15) is 0 Å². The lowest BCUT2D eigenvalue weighted by Gasteiger charge is -2.00. The Kier molecular flexibility index (Phi) is 3.28. The molecule has 0 fully saturated rings. The van der Waals surface area contributed by atoms with Gasteiger partial charge in [-0.05, 0) is 24.4 Å². The van der Waals surface area contributed by atoms with Gasteiger partial charge in [0.05, 0.1) is 11.9 Å². The van der Waals surface area contributed by atoms with Crippen LogP contribution < -0.4 is 11.2 Å². The lowest BCUT2D eigenvalue weighted by Crippen LogP contribution is -2.24. The van der Waals surface area contributed by atoms with E-state index in [-0.39, 0.29) is 5.11 Å². The quantitative estimate of drug-likeness (QED) is 0.487. The fourth-order valence-electron chi connectivity index (χ4n) is 1.17. The van der Waals surface area contributed by atoms with Gasteiger partial charge in [0.15, 0.2) is 10.2 Å². The molecule has 0 unspecified atom stereocenters. The number of hydrogen-bond acceptors (Lipinski definition) is 4. The van der Waals surface area contributed by atoms with Crippen LogP contribution in [0.3, 0.4) is 0 Å². The van der Waals surface area contributed by atoms with Gasteiger partial charge in [-0.1, -0.05) is 0 Å². The van der Waals surface area contributed by atoms with Crippen LogP contribution in [0.4, 0.5) is 0 Å². The van der Waals surface area contributed by atoms with Gasteiger partial charge in [-0.15, -0.1) is 11.3 Å². The summed E-state index contributed by atoms with van der Waals surface area (Å²) in [6, 6.07) is 3.84. The molecule has 2 rings (SSSR count). The Morgan fingerprint density at radius 3 is 3.25 bits per heavy atom. The summed E-state index contributed by atoms with van der Waals surface area (Å²) in [6.45, 7) is 0. The van der Waals surface area contributed by atoms with Crippen molar-refractivity contribution < 1.29 is 0 Å². The molecule has 0 aliphatic rings. The molecule has 0 spiro atoms. The van der Waals surface area contributed by atoms with Crippen molar-refractivity contribution in [2.24, 2.45) is 10.8 Å². The summed E-state index contributed by atoms with van der Waals surface area (Å²) in [5, 5.41) is 6.85. The van der Waals surface area contributed by atoms with Crippen LogP contribution in [0.5, 0.6) is 0 Å². The molecular weight excluding hydrogens is 242 g/mol. The lowest BCUT2D eigenvalue weighted by molar-refractivity contribution is 1.01. The Bertz CT molecular complexity index is 500. The number of thiocarbonyl (C=S) groups is 1. The van der Waals surface area contributed by atoms with Gasteiger partial charge in [0.25, 0.3) is 0 Å². The highest BCUT2D eigenvalue weighted by Gasteiger charge is 2.02. The summed E-state index contributed by atoms with van der Waals surface area (Å²) in [7, 11) is 0. The van der Waals surface area contributed by atoms with Crippen molar-refractivity contribution in [3.8, 4) is 5.13 Å². The first-order valence-electron chi connectivity index (χ1n) is 4.43. The number of hydrogen-bond donors (Lipinski definition) is 2. The smallest absolute Gasteiger partial charge is 0.193 e. The molecule has 0 saturated heterocycles. The molecule has 3 N–H and O–H groups in total. The minimum absolute atomic E-state index is 0.142. The van der Waals surface area contributed by atoms with E-state index in [4.69, 9.17) is 5.73 Å². The molecule has 0 atom stereocenters. The van der Waals surface area contributed by atoms with Crippen LogP contribution in [0.1, 0.15) is 5.69 Å². The van der Waals surface area contributed by atoms with Crippen LogP contribution in [0, 0.1) is 0 Å². The average Bonchev–Trinajstić information content (AvgIpc) is 2.84. The van der Waals surface area contributed by atoms with E-state index >= 15 is 0 Å². The van der Waals surface area contributed by atoms with Crippen LogP contribution >= 0.6 is 23.6 Å². The van der Waals surface area contributed by atoms with Crippen molar-refractivity contribution in [1.82, 2.24) is 15.0 Å². The molecule has 7 heteroatoms. The number of aromatic nitrogens is 2. The molecule has 0 aromatic carbocycles. The van der Waals surface area contributed by atoms with Gasteiger partial charge in [0.2, 0.25) is 0 Å². The summed E-state index contributed by atoms with van der Waals surface area (Å²) < 4.78 is 1.93. The Labute approximate surface area is 102 Å². The first-order chi connectivity index (χ1) is 7.77. The molecule has 2 heterocycles. The molecule has 0 amide bonds. The topological polar surface area (TPSA) is 68.2 Å². The Balaban J connectivity index is 2.20. The minimum Gasteiger partial charge on any atom is -0.375 e. The summed E-state index contributed by atoms with van der Waals surface area (Å²) in [4.78, 5) is 4.21. The predicted molar refractivity (Wildman–Crippen MR) is 69.0 cm³/mol.